The standard InChI is InChI=1S/C12H24N2O/c15-9-2-1-8-14(12-5-6-12)10-11-4-3-7-13-11/h11-13,15H,1-10H2. The normalized spacial score (nSPS) is 26.4. The highest BCUT2D eigenvalue weighted by Crippen LogP contribution is 2.27. The Labute approximate surface area is 92.8 Å². The molecule has 1 unspecified atom stereocenters. The first-order chi connectivity index (χ1) is 7.40. The first-order valence-electron chi connectivity index (χ1n) is 6.48. The van der Waals surface area contributed by atoms with Crippen molar-refractivity contribution in [3.8, 4) is 0 Å². The molecular weight excluding hydrogens is 188 g/mol. The van der Waals surface area contributed by atoms with Gasteiger partial charge in [-0.1, -0.05) is 0 Å². The van der Waals surface area contributed by atoms with Gasteiger partial charge < -0.3 is 10.4 Å². The van der Waals surface area contributed by atoms with Gasteiger partial charge in [0.25, 0.3) is 0 Å². The van der Waals surface area contributed by atoms with Crippen LogP contribution in [0.25, 0.3) is 0 Å². The van der Waals surface area contributed by atoms with E-state index in [4.69, 9.17) is 5.11 Å². The molecule has 1 atom stereocenters. The second-order valence-corrected chi connectivity index (χ2v) is 4.95. The van der Waals surface area contributed by atoms with Crippen LogP contribution >= 0.6 is 0 Å². The van der Waals surface area contributed by atoms with Crippen molar-refractivity contribution in [1.82, 2.24) is 10.2 Å². The molecule has 15 heavy (non-hydrogen) atoms. The SMILES string of the molecule is OCCCCN(CC1CCCN1)C1CC1. The molecule has 1 saturated heterocycles. The summed E-state index contributed by atoms with van der Waals surface area (Å²) in [6.07, 6.45) is 7.60. The quantitative estimate of drug-likeness (QED) is 0.617. The molecule has 0 aromatic rings. The predicted molar refractivity (Wildman–Crippen MR) is 61.9 cm³/mol. The van der Waals surface area contributed by atoms with Crippen molar-refractivity contribution in [3.05, 3.63) is 0 Å². The molecule has 0 aromatic carbocycles. The summed E-state index contributed by atoms with van der Waals surface area (Å²) in [6, 6.07) is 1.60. The van der Waals surface area contributed by atoms with Crippen molar-refractivity contribution in [2.45, 2.75) is 50.6 Å². The number of aliphatic hydroxyl groups is 1. The fourth-order valence-electron chi connectivity index (χ4n) is 2.48. The van der Waals surface area contributed by atoms with Gasteiger partial charge in [0.1, 0.15) is 0 Å². The average Bonchev–Trinajstić information content (AvgIpc) is 2.97. The summed E-state index contributed by atoms with van der Waals surface area (Å²) in [7, 11) is 0. The van der Waals surface area contributed by atoms with Gasteiger partial charge in [0, 0.05) is 25.2 Å². The van der Waals surface area contributed by atoms with Gasteiger partial charge in [-0.25, -0.2) is 0 Å². The van der Waals surface area contributed by atoms with E-state index in [0.717, 1.165) is 24.9 Å². The molecule has 1 heterocycles. The van der Waals surface area contributed by atoms with Gasteiger partial charge in [-0.3, -0.25) is 4.90 Å². The van der Waals surface area contributed by atoms with Crippen molar-refractivity contribution in [1.29, 1.82) is 0 Å². The van der Waals surface area contributed by atoms with Crippen LogP contribution in [-0.4, -0.2) is 48.3 Å². The molecule has 2 N–H and O–H groups in total. The zero-order chi connectivity index (χ0) is 10.5. The van der Waals surface area contributed by atoms with Crippen LogP contribution in [0.5, 0.6) is 0 Å². The summed E-state index contributed by atoms with van der Waals surface area (Å²) in [5.74, 6) is 0. The van der Waals surface area contributed by atoms with E-state index in [-0.39, 0.29) is 0 Å². The van der Waals surface area contributed by atoms with Crippen LogP contribution in [0.15, 0.2) is 0 Å². The number of nitrogens with one attached hydrogen (secondary N) is 1. The van der Waals surface area contributed by atoms with Gasteiger partial charge in [-0.05, 0) is 51.6 Å². The second kappa shape index (κ2) is 5.83. The fraction of sp³-hybridized carbons (Fsp3) is 1.00. The number of hydrogen-bond acceptors (Lipinski definition) is 3. The van der Waals surface area contributed by atoms with E-state index in [9.17, 15) is 0 Å². The Bertz CT molecular complexity index is 176. The summed E-state index contributed by atoms with van der Waals surface area (Å²) in [6.45, 7) is 3.97. The van der Waals surface area contributed by atoms with Gasteiger partial charge in [-0.15, -0.1) is 0 Å². The van der Waals surface area contributed by atoms with Crippen molar-refractivity contribution < 1.29 is 5.11 Å². The van der Waals surface area contributed by atoms with Crippen LogP contribution in [-0.2, 0) is 0 Å². The average molecular weight is 212 g/mol. The zero-order valence-electron chi connectivity index (χ0n) is 9.62. The molecule has 0 radical (unpaired) electrons. The second-order valence-electron chi connectivity index (χ2n) is 4.95. The first kappa shape index (κ1) is 11.4. The molecule has 2 fully saturated rings. The lowest BCUT2D eigenvalue weighted by molar-refractivity contribution is 0.220. The summed E-state index contributed by atoms with van der Waals surface area (Å²) >= 11 is 0. The van der Waals surface area contributed by atoms with Gasteiger partial charge >= 0.3 is 0 Å². The number of aliphatic hydroxyl groups excluding tert-OH is 1. The highest BCUT2D eigenvalue weighted by molar-refractivity contribution is 4.88. The van der Waals surface area contributed by atoms with Gasteiger partial charge in [0.15, 0.2) is 0 Å². The number of rotatable bonds is 7. The van der Waals surface area contributed by atoms with Crippen LogP contribution in [0, 0.1) is 0 Å². The smallest absolute Gasteiger partial charge is 0.0431 e. The van der Waals surface area contributed by atoms with Crippen LogP contribution in [0.3, 0.4) is 0 Å². The minimum absolute atomic E-state index is 0.347. The third-order valence-electron chi connectivity index (χ3n) is 3.53. The highest BCUT2D eigenvalue weighted by atomic mass is 16.2. The van der Waals surface area contributed by atoms with E-state index in [1.165, 1.54) is 45.3 Å². The molecule has 3 heteroatoms. The van der Waals surface area contributed by atoms with Crippen LogP contribution < -0.4 is 5.32 Å². The number of hydrogen-bond donors (Lipinski definition) is 2. The van der Waals surface area contributed by atoms with Gasteiger partial charge in [0.05, 0.1) is 0 Å². The summed E-state index contributed by atoms with van der Waals surface area (Å²) in [5.41, 5.74) is 0. The van der Waals surface area contributed by atoms with Gasteiger partial charge in [-0.2, -0.15) is 0 Å². The predicted octanol–water partition coefficient (Wildman–Crippen LogP) is 0.975. The third kappa shape index (κ3) is 3.74. The Morgan fingerprint density at radius 3 is 2.67 bits per heavy atom. The molecule has 3 nitrogen and oxygen atoms in total. The van der Waals surface area contributed by atoms with Crippen LogP contribution in [0.2, 0.25) is 0 Å². The van der Waals surface area contributed by atoms with E-state index in [1.807, 2.05) is 0 Å². The van der Waals surface area contributed by atoms with Gasteiger partial charge in [0.2, 0.25) is 0 Å². The summed E-state index contributed by atoms with van der Waals surface area (Å²) in [4.78, 5) is 2.64. The molecule has 1 aliphatic heterocycles. The van der Waals surface area contributed by atoms with Crippen LogP contribution in [0.4, 0.5) is 0 Å². The van der Waals surface area contributed by atoms with E-state index in [1.54, 1.807) is 0 Å². The summed E-state index contributed by atoms with van der Waals surface area (Å²) in [5, 5.41) is 12.4. The van der Waals surface area contributed by atoms with Crippen LogP contribution in [0.1, 0.15) is 38.5 Å². The van der Waals surface area contributed by atoms with E-state index >= 15 is 0 Å². The monoisotopic (exact) mass is 212 g/mol. The Hall–Kier alpha value is -0.120. The van der Waals surface area contributed by atoms with Crippen molar-refractivity contribution >= 4 is 0 Å². The molecule has 0 bridgehead atoms. The van der Waals surface area contributed by atoms with E-state index < -0.39 is 0 Å². The minimum atomic E-state index is 0.347. The minimum Gasteiger partial charge on any atom is -0.396 e. The fourth-order valence-corrected chi connectivity index (χ4v) is 2.48. The maximum atomic E-state index is 8.79. The first-order valence-corrected chi connectivity index (χ1v) is 6.48. The summed E-state index contributed by atoms with van der Waals surface area (Å²) < 4.78 is 0. The lowest BCUT2D eigenvalue weighted by Gasteiger charge is -2.25. The Morgan fingerprint density at radius 1 is 1.20 bits per heavy atom. The Kier molecular flexibility index (Phi) is 4.42. The largest absolute Gasteiger partial charge is 0.396 e. The molecule has 2 rings (SSSR count). The number of unbranched alkanes of at least 4 members (excludes halogenated alkanes) is 1. The molecule has 0 amide bonds. The topological polar surface area (TPSA) is 35.5 Å². The molecular formula is C12H24N2O. The lowest BCUT2D eigenvalue weighted by atomic mass is 10.2. The maximum Gasteiger partial charge on any atom is 0.0431 e. The lowest BCUT2D eigenvalue weighted by Crippen LogP contribution is -2.39. The van der Waals surface area contributed by atoms with E-state index in [2.05, 4.69) is 10.2 Å². The Morgan fingerprint density at radius 2 is 2.07 bits per heavy atom. The maximum absolute atomic E-state index is 8.79. The molecule has 1 saturated carbocycles. The molecule has 88 valence electrons. The third-order valence-corrected chi connectivity index (χ3v) is 3.53. The highest BCUT2D eigenvalue weighted by Gasteiger charge is 2.30. The van der Waals surface area contributed by atoms with Crippen molar-refractivity contribution in [2.24, 2.45) is 0 Å². The van der Waals surface area contributed by atoms with Crippen molar-refractivity contribution in [3.63, 3.8) is 0 Å². The zero-order valence-corrected chi connectivity index (χ0v) is 9.62. The van der Waals surface area contributed by atoms with E-state index in [0.29, 0.717) is 6.61 Å². The molecule has 1 aliphatic carbocycles. The molecule has 0 spiro atoms. The van der Waals surface area contributed by atoms with Crippen molar-refractivity contribution in [2.75, 3.05) is 26.2 Å². The Balaban J connectivity index is 1.68. The number of nitrogens with zero attached hydrogens (tertiary/aromatic N) is 1. The molecule has 2 aliphatic rings. The molecule has 0 aromatic heterocycles.